The maximum Gasteiger partial charge on any atom is 0.277 e. The number of hydrogen-bond acceptors (Lipinski definition) is 4. The van der Waals surface area contributed by atoms with Crippen molar-refractivity contribution < 1.29 is 4.79 Å². The van der Waals surface area contributed by atoms with Crippen LogP contribution >= 0.6 is 11.6 Å². The highest BCUT2D eigenvalue weighted by atomic mass is 35.5. The number of benzene rings is 2. The molecule has 0 aliphatic heterocycles. The van der Waals surface area contributed by atoms with E-state index in [1.807, 2.05) is 12.1 Å². The fraction of sp³-hybridized carbons (Fsp3) is 0.263. The van der Waals surface area contributed by atoms with Crippen LogP contribution in [0.4, 0.5) is 5.69 Å². The summed E-state index contributed by atoms with van der Waals surface area (Å²) >= 11 is 5.89. The van der Waals surface area contributed by atoms with Gasteiger partial charge in [0, 0.05) is 23.7 Å². The number of aryl methyl sites for hydroxylation is 1. The Morgan fingerprint density at radius 2 is 1.92 bits per heavy atom. The SMILES string of the molecule is O=C(CCCCCn1nnc2ccccc2c1=O)Nc1cccc(Cl)c1. The molecular formula is C19H19ClN4O2. The van der Waals surface area contributed by atoms with Gasteiger partial charge in [0.25, 0.3) is 5.56 Å². The molecule has 3 rings (SSSR count). The van der Waals surface area contributed by atoms with Crippen LogP contribution in [0.1, 0.15) is 25.7 Å². The first-order chi connectivity index (χ1) is 12.6. The number of fused-ring (bicyclic) bond motifs is 1. The molecule has 0 fully saturated rings. The number of rotatable bonds is 7. The van der Waals surface area contributed by atoms with Gasteiger partial charge in [-0.25, -0.2) is 4.68 Å². The third kappa shape index (κ3) is 4.67. The van der Waals surface area contributed by atoms with E-state index in [0.717, 1.165) is 19.3 Å². The predicted octanol–water partition coefficient (Wildman–Crippen LogP) is 3.64. The summed E-state index contributed by atoms with van der Waals surface area (Å²) in [5.41, 5.74) is 1.17. The molecule has 0 bridgehead atoms. The van der Waals surface area contributed by atoms with Crippen molar-refractivity contribution in [2.45, 2.75) is 32.2 Å². The Morgan fingerprint density at radius 1 is 1.08 bits per heavy atom. The zero-order valence-electron chi connectivity index (χ0n) is 14.2. The first-order valence-corrected chi connectivity index (χ1v) is 8.89. The van der Waals surface area contributed by atoms with Crippen LogP contribution in [0.5, 0.6) is 0 Å². The molecular weight excluding hydrogens is 352 g/mol. The fourth-order valence-electron chi connectivity index (χ4n) is 2.68. The van der Waals surface area contributed by atoms with Crippen molar-refractivity contribution in [2.24, 2.45) is 0 Å². The van der Waals surface area contributed by atoms with E-state index < -0.39 is 0 Å². The van der Waals surface area contributed by atoms with Gasteiger partial charge in [-0.3, -0.25) is 9.59 Å². The fourth-order valence-corrected chi connectivity index (χ4v) is 2.87. The lowest BCUT2D eigenvalue weighted by Crippen LogP contribution is -2.24. The maximum absolute atomic E-state index is 12.3. The number of aromatic nitrogens is 3. The van der Waals surface area contributed by atoms with E-state index in [9.17, 15) is 9.59 Å². The molecule has 1 heterocycles. The molecule has 7 heteroatoms. The molecule has 2 aromatic carbocycles. The molecule has 1 N–H and O–H groups in total. The van der Waals surface area contributed by atoms with Crippen molar-refractivity contribution in [3.05, 3.63) is 63.9 Å². The van der Waals surface area contributed by atoms with E-state index in [1.165, 1.54) is 4.68 Å². The zero-order valence-corrected chi connectivity index (χ0v) is 14.9. The van der Waals surface area contributed by atoms with Gasteiger partial charge in [0.2, 0.25) is 5.91 Å². The number of unbranched alkanes of at least 4 members (excludes halogenated alkanes) is 2. The average Bonchev–Trinajstić information content (AvgIpc) is 2.63. The molecule has 0 aliphatic rings. The van der Waals surface area contributed by atoms with Gasteiger partial charge in [-0.15, -0.1) is 5.10 Å². The van der Waals surface area contributed by atoms with Crippen molar-refractivity contribution in [1.82, 2.24) is 15.0 Å². The minimum atomic E-state index is -0.130. The summed E-state index contributed by atoms with van der Waals surface area (Å²) in [6, 6.07) is 14.2. The van der Waals surface area contributed by atoms with Gasteiger partial charge in [-0.1, -0.05) is 41.4 Å². The Hall–Kier alpha value is -2.73. The van der Waals surface area contributed by atoms with Crippen molar-refractivity contribution in [3.63, 3.8) is 0 Å². The lowest BCUT2D eigenvalue weighted by molar-refractivity contribution is -0.116. The molecule has 0 radical (unpaired) electrons. The Balaban J connectivity index is 1.44. The van der Waals surface area contributed by atoms with Crippen molar-refractivity contribution in [2.75, 3.05) is 5.32 Å². The molecule has 6 nitrogen and oxygen atoms in total. The minimum Gasteiger partial charge on any atom is -0.326 e. The third-order valence-electron chi connectivity index (χ3n) is 4.01. The Morgan fingerprint density at radius 3 is 2.77 bits per heavy atom. The van der Waals surface area contributed by atoms with Gasteiger partial charge in [0.1, 0.15) is 5.52 Å². The smallest absolute Gasteiger partial charge is 0.277 e. The summed E-state index contributed by atoms with van der Waals surface area (Å²) in [5.74, 6) is -0.0464. The molecule has 0 atom stereocenters. The van der Waals surface area contributed by atoms with Gasteiger partial charge in [0.15, 0.2) is 0 Å². The topological polar surface area (TPSA) is 76.9 Å². The van der Waals surface area contributed by atoms with Crippen LogP contribution in [-0.2, 0) is 11.3 Å². The molecule has 0 saturated heterocycles. The van der Waals surface area contributed by atoms with Crippen LogP contribution in [0.3, 0.4) is 0 Å². The highest BCUT2D eigenvalue weighted by Crippen LogP contribution is 2.15. The van der Waals surface area contributed by atoms with Crippen LogP contribution in [0.2, 0.25) is 5.02 Å². The summed E-state index contributed by atoms with van der Waals surface area (Å²) in [5, 5.41) is 12.0. The molecule has 0 unspecified atom stereocenters. The standard InChI is InChI=1S/C19H19ClN4O2/c20-14-7-6-8-15(13-14)21-18(25)11-2-1-5-12-24-19(26)16-9-3-4-10-17(16)22-23-24/h3-4,6-10,13H,1-2,5,11-12H2,(H,21,25). The summed E-state index contributed by atoms with van der Waals surface area (Å²) < 4.78 is 1.38. The second-order valence-electron chi connectivity index (χ2n) is 6.00. The van der Waals surface area contributed by atoms with E-state index >= 15 is 0 Å². The van der Waals surface area contributed by atoms with Gasteiger partial charge < -0.3 is 5.32 Å². The van der Waals surface area contributed by atoms with Gasteiger partial charge in [0.05, 0.1) is 5.39 Å². The monoisotopic (exact) mass is 370 g/mol. The number of nitrogens with zero attached hydrogens (tertiary/aromatic N) is 3. The number of carbonyl (C=O) groups excluding carboxylic acids is 1. The van der Waals surface area contributed by atoms with Gasteiger partial charge >= 0.3 is 0 Å². The van der Waals surface area contributed by atoms with Crippen molar-refractivity contribution in [1.29, 1.82) is 0 Å². The quantitative estimate of drug-likeness (QED) is 0.644. The van der Waals surface area contributed by atoms with E-state index in [-0.39, 0.29) is 11.5 Å². The van der Waals surface area contributed by atoms with E-state index in [1.54, 1.807) is 36.4 Å². The molecule has 0 spiro atoms. The van der Waals surface area contributed by atoms with E-state index in [2.05, 4.69) is 15.6 Å². The molecule has 0 saturated carbocycles. The van der Waals surface area contributed by atoms with Crippen LogP contribution < -0.4 is 10.9 Å². The van der Waals surface area contributed by atoms with Gasteiger partial charge in [-0.2, -0.15) is 0 Å². The molecule has 1 amide bonds. The number of halogens is 1. The summed E-state index contributed by atoms with van der Waals surface area (Å²) in [6.07, 6.45) is 2.74. The average molecular weight is 371 g/mol. The number of nitrogens with one attached hydrogen (secondary N) is 1. The Labute approximate surface area is 155 Å². The predicted molar refractivity (Wildman–Crippen MR) is 102 cm³/mol. The molecule has 1 aromatic heterocycles. The summed E-state index contributed by atoms with van der Waals surface area (Å²) in [6.45, 7) is 0.493. The molecule has 0 aliphatic carbocycles. The van der Waals surface area contributed by atoms with Gasteiger partial charge in [-0.05, 0) is 43.2 Å². The minimum absolute atomic E-state index is 0.0464. The molecule has 3 aromatic rings. The van der Waals surface area contributed by atoms with Crippen LogP contribution in [0.25, 0.3) is 10.9 Å². The lowest BCUT2D eigenvalue weighted by Gasteiger charge is -2.06. The Bertz CT molecular complexity index is 971. The summed E-state index contributed by atoms with van der Waals surface area (Å²) in [7, 11) is 0. The van der Waals surface area contributed by atoms with Crippen LogP contribution in [-0.4, -0.2) is 20.9 Å². The van der Waals surface area contributed by atoms with Crippen LogP contribution in [0, 0.1) is 0 Å². The number of hydrogen-bond donors (Lipinski definition) is 1. The lowest BCUT2D eigenvalue weighted by atomic mass is 10.2. The van der Waals surface area contributed by atoms with E-state index in [0.29, 0.717) is 34.6 Å². The first-order valence-electron chi connectivity index (χ1n) is 8.51. The molecule has 134 valence electrons. The third-order valence-corrected chi connectivity index (χ3v) is 4.25. The number of carbonyl (C=O) groups is 1. The summed E-state index contributed by atoms with van der Waals surface area (Å²) in [4.78, 5) is 24.2. The van der Waals surface area contributed by atoms with Crippen molar-refractivity contribution >= 4 is 34.1 Å². The number of anilines is 1. The zero-order chi connectivity index (χ0) is 18.4. The largest absolute Gasteiger partial charge is 0.326 e. The maximum atomic E-state index is 12.3. The van der Waals surface area contributed by atoms with E-state index in [4.69, 9.17) is 11.6 Å². The highest BCUT2D eigenvalue weighted by molar-refractivity contribution is 6.30. The van der Waals surface area contributed by atoms with Crippen molar-refractivity contribution in [3.8, 4) is 0 Å². The highest BCUT2D eigenvalue weighted by Gasteiger charge is 2.06. The number of amides is 1. The second-order valence-corrected chi connectivity index (χ2v) is 6.44. The normalized spacial score (nSPS) is 10.8. The first kappa shape index (κ1) is 18.1. The van der Waals surface area contributed by atoms with Crippen LogP contribution in [0.15, 0.2) is 53.3 Å². The second kappa shape index (κ2) is 8.58. The Kier molecular flexibility index (Phi) is 5.96. The molecule has 26 heavy (non-hydrogen) atoms.